The second kappa shape index (κ2) is 8.63. The summed E-state index contributed by atoms with van der Waals surface area (Å²) in [6.45, 7) is 4.53. The van der Waals surface area contributed by atoms with Crippen molar-refractivity contribution >= 4 is 16.9 Å². The van der Waals surface area contributed by atoms with Gasteiger partial charge in [-0.05, 0) is 61.6 Å². The van der Waals surface area contributed by atoms with E-state index in [0.29, 0.717) is 17.9 Å². The van der Waals surface area contributed by atoms with E-state index in [4.69, 9.17) is 9.72 Å². The van der Waals surface area contributed by atoms with Gasteiger partial charge >= 0.3 is 0 Å². The Balaban J connectivity index is 1.38. The van der Waals surface area contributed by atoms with Crippen LogP contribution in [0.1, 0.15) is 55.6 Å². The molecule has 2 aliphatic rings. The van der Waals surface area contributed by atoms with Crippen LogP contribution >= 0.6 is 0 Å². The minimum atomic E-state index is 0.298. The lowest BCUT2D eigenvalue weighted by Crippen LogP contribution is -2.44. The molecule has 0 spiro atoms. The van der Waals surface area contributed by atoms with Crippen molar-refractivity contribution in [2.75, 3.05) is 24.7 Å². The maximum atomic E-state index is 5.69. The largest absolute Gasteiger partial charge is 0.377 e. The van der Waals surface area contributed by atoms with Crippen LogP contribution in [0, 0.1) is 0 Å². The number of pyridine rings is 1. The molecule has 1 atom stereocenters. The van der Waals surface area contributed by atoms with E-state index in [9.17, 15) is 0 Å². The summed E-state index contributed by atoms with van der Waals surface area (Å²) in [7, 11) is 0. The van der Waals surface area contributed by atoms with Gasteiger partial charge in [-0.1, -0.05) is 30.3 Å². The molecular weight excluding hydrogens is 412 g/mol. The number of anilines is 1. The van der Waals surface area contributed by atoms with Crippen LogP contribution in [0.4, 0.5) is 5.82 Å². The molecule has 6 rings (SSSR count). The molecule has 4 aromatic rings. The van der Waals surface area contributed by atoms with E-state index in [1.807, 2.05) is 23.1 Å². The van der Waals surface area contributed by atoms with Gasteiger partial charge in [0, 0.05) is 24.2 Å². The monoisotopic (exact) mass is 442 g/mol. The molecule has 1 saturated carbocycles. The smallest absolute Gasteiger partial charge is 0.177 e. The number of fused-ring (bicyclic) bond motifs is 1. The Labute approximate surface area is 193 Å². The van der Waals surface area contributed by atoms with E-state index in [-0.39, 0.29) is 0 Å². The highest BCUT2D eigenvalue weighted by molar-refractivity contribution is 5.83. The van der Waals surface area contributed by atoms with E-state index in [2.05, 4.69) is 63.5 Å². The fraction of sp³-hybridized carbons (Fsp3) is 0.423. The van der Waals surface area contributed by atoms with Gasteiger partial charge in [-0.15, -0.1) is 0 Å². The van der Waals surface area contributed by atoms with Crippen LogP contribution in [-0.4, -0.2) is 50.8 Å². The first kappa shape index (κ1) is 20.4. The highest BCUT2D eigenvalue weighted by Crippen LogP contribution is 2.43. The number of hydrogen-bond acceptors (Lipinski definition) is 5. The van der Waals surface area contributed by atoms with Crippen LogP contribution in [0.3, 0.4) is 0 Å². The Morgan fingerprint density at radius 3 is 2.58 bits per heavy atom. The van der Waals surface area contributed by atoms with Crippen LogP contribution in [-0.2, 0) is 4.74 Å². The minimum Gasteiger partial charge on any atom is -0.377 e. The lowest BCUT2D eigenvalue weighted by molar-refractivity contribution is 0.0985. The first-order valence-electron chi connectivity index (χ1n) is 12.1. The van der Waals surface area contributed by atoms with Crippen molar-refractivity contribution in [2.45, 2.75) is 50.5 Å². The zero-order valence-corrected chi connectivity index (χ0v) is 19.0. The molecule has 2 fully saturated rings. The lowest BCUT2D eigenvalue weighted by atomic mass is 9.76. The Bertz CT molecular complexity index is 1210. The van der Waals surface area contributed by atoms with Crippen molar-refractivity contribution < 1.29 is 4.74 Å². The summed E-state index contributed by atoms with van der Waals surface area (Å²) in [5.74, 6) is 2.96. The molecule has 1 aliphatic carbocycles. The van der Waals surface area contributed by atoms with E-state index >= 15 is 0 Å². The highest BCUT2D eigenvalue weighted by atomic mass is 16.5. The quantitative estimate of drug-likeness (QED) is 0.491. The van der Waals surface area contributed by atoms with Crippen molar-refractivity contribution in [3.8, 4) is 5.82 Å². The third kappa shape index (κ3) is 3.80. The number of aromatic amines is 1. The van der Waals surface area contributed by atoms with Crippen LogP contribution < -0.4 is 4.90 Å². The Kier molecular flexibility index (Phi) is 5.34. The Hall–Kier alpha value is -3.19. The number of morpholine rings is 1. The Morgan fingerprint density at radius 1 is 1.00 bits per heavy atom. The van der Waals surface area contributed by atoms with E-state index in [1.54, 1.807) is 0 Å². The molecule has 7 nitrogen and oxygen atoms in total. The van der Waals surface area contributed by atoms with Crippen molar-refractivity contribution in [2.24, 2.45) is 0 Å². The molecule has 1 N–H and O–H groups in total. The summed E-state index contributed by atoms with van der Waals surface area (Å²) in [4.78, 5) is 7.48. The number of hydrogen-bond donors (Lipinski definition) is 1. The van der Waals surface area contributed by atoms with Crippen LogP contribution in [0.25, 0.3) is 16.9 Å². The van der Waals surface area contributed by atoms with Gasteiger partial charge in [-0.3, -0.25) is 5.10 Å². The van der Waals surface area contributed by atoms with Crippen LogP contribution in [0.2, 0.25) is 0 Å². The van der Waals surface area contributed by atoms with Crippen molar-refractivity contribution in [3.63, 3.8) is 0 Å². The molecule has 0 unspecified atom stereocenters. The molecule has 1 aromatic carbocycles. The second-order valence-electron chi connectivity index (χ2n) is 9.37. The van der Waals surface area contributed by atoms with Gasteiger partial charge in [0.1, 0.15) is 5.82 Å². The fourth-order valence-electron chi connectivity index (χ4n) is 5.56. The molecule has 0 bridgehead atoms. The molecule has 1 aliphatic heterocycles. The number of benzene rings is 1. The average Bonchev–Trinajstić information content (AvgIpc) is 3.54. The number of rotatable bonds is 4. The third-order valence-electron chi connectivity index (χ3n) is 7.36. The maximum Gasteiger partial charge on any atom is 0.177 e. The highest BCUT2D eigenvalue weighted by Gasteiger charge is 2.28. The third-order valence-corrected chi connectivity index (χ3v) is 7.36. The number of aromatic nitrogens is 5. The predicted molar refractivity (Wildman–Crippen MR) is 129 cm³/mol. The van der Waals surface area contributed by atoms with Gasteiger partial charge < -0.3 is 9.64 Å². The summed E-state index contributed by atoms with van der Waals surface area (Å²) < 4.78 is 7.55. The Morgan fingerprint density at radius 2 is 1.82 bits per heavy atom. The molecular formula is C26H30N6O. The van der Waals surface area contributed by atoms with Gasteiger partial charge in [-0.2, -0.15) is 14.9 Å². The number of nitrogens with zero attached hydrogens (tertiary/aromatic N) is 5. The molecule has 7 heteroatoms. The molecule has 3 aromatic heterocycles. The zero-order valence-electron chi connectivity index (χ0n) is 19.0. The maximum absolute atomic E-state index is 5.69. The summed E-state index contributed by atoms with van der Waals surface area (Å²) in [5.41, 5.74) is 3.74. The normalized spacial score (nSPS) is 23.8. The van der Waals surface area contributed by atoms with E-state index in [0.717, 1.165) is 42.4 Å². The minimum absolute atomic E-state index is 0.298. The van der Waals surface area contributed by atoms with Gasteiger partial charge in [0.15, 0.2) is 11.5 Å². The first-order valence-corrected chi connectivity index (χ1v) is 12.1. The van der Waals surface area contributed by atoms with E-state index in [1.165, 1.54) is 36.8 Å². The van der Waals surface area contributed by atoms with Gasteiger partial charge in [-0.25, -0.2) is 4.98 Å². The zero-order chi connectivity index (χ0) is 22.2. The molecule has 33 heavy (non-hydrogen) atoms. The SMILES string of the molecule is C[C@@H]1COCCN1c1cc([C@H]2CC[C@@H](c3ccccc3)CC2)c2cnn(-c3cc[nH]n3)c2n1. The summed E-state index contributed by atoms with van der Waals surface area (Å²) in [6, 6.07) is 15.5. The van der Waals surface area contributed by atoms with Crippen molar-refractivity contribution in [1.29, 1.82) is 0 Å². The lowest BCUT2D eigenvalue weighted by Gasteiger charge is -2.35. The molecule has 1 saturated heterocycles. The number of ether oxygens (including phenoxy) is 1. The van der Waals surface area contributed by atoms with Gasteiger partial charge in [0.05, 0.1) is 25.5 Å². The number of nitrogens with one attached hydrogen (secondary N) is 1. The van der Waals surface area contributed by atoms with Gasteiger partial charge in [0.25, 0.3) is 0 Å². The van der Waals surface area contributed by atoms with Crippen LogP contribution in [0.5, 0.6) is 0 Å². The molecule has 170 valence electrons. The molecule has 0 radical (unpaired) electrons. The fourth-order valence-corrected chi connectivity index (χ4v) is 5.56. The number of H-pyrrole nitrogens is 1. The summed E-state index contributed by atoms with van der Waals surface area (Å²) >= 11 is 0. The van der Waals surface area contributed by atoms with Gasteiger partial charge in [0.2, 0.25) is 0 Å². The predicted octanol–water partition coefficient (Wildman–Crippen LogP) is 4.81. The second-order valence-corrected chi connectivity index (χ2v) is 9.37. The summed E-state index contributed by atoms with van der Waals surface area (Å²) in [6.07, 6.45) is 8.60. The molecule has 0 amide bonds. The topological polar surface area (TPSA) is 71.9 Å². The molecule has 4 heterocycles. The van der Waals surface area contributed by atoms with E-state index < -0.39 is 0 Å². The summed E-state index contributed by atoms with van der Waals surface area (Å²) in [5, 5.41) is 13.1. The van der Waals surface area contributed by atoms with Crippen LogP contribution in [0.15, 0.2) is 54.9 Å². The van der Waals surface area contributed by atoms with Crippen molar-refractivity contribution in [1.82, 2.24) is 25.0 Å². The van der Waals surface area contributed by atoms with Crippen molar-refractivity contribution in [3.05, 3.63) is 66.0 Å². The first-order chi connectivity index (χ1) is 16.3. The average molecular weight is 443 g/mol. The standard InChI is InChI=1S/C26H30N6O/c1-18-17-33-14-13-31(18)25-15-22(21-9-7-20(8-10-21)19-5-3-2-4-6-19)23-16-28-32(26(23)29-25)24-11-12-27-30-24/h2-6,11-12,15-16,18,20-21H,7-10,13-14,17H2,1H3,(H,27,30)/t18-,20-,21+/m1/s1.